The van der Waals surface area contributed by atoms with Crippen LogP contribution in [0.25, 0.3) is 11.3 Å². The van der Waals surface area contributed by atoms with Crippen molar-refractivity contribution in [2.45, 2.75) is 19.1 Å². The zero-order valence-electron chi connectivity index (χ0n) is 19.4. The maximum atomic E-state index is 14.9. The normalized spacial score (nSPS) is 19.2. The van der Waals surface area contributed by atoms with Crippen molar-refractivity contribution in [2.24, 2.45) is 14.1 Å². The van der Waals surface area contributed by atoms with Crippen molar-refractivity contribution in [3.05, 3.63) is 52.1 Å². The number of ether oxygens (including phenoxy) is 1. The van der Waals surface area contributed by atoms with Gasteiger partial charge in [0.2, 0.25) is 6.20 Å². The summed E-state index contributed by atoms with van der Waals surface area (Å²) < 4.78 is 25.1. The minimum absolute atomic E-state index is 0.00779. The van der Waals surface area contributed by atoms with Crippen LogP contribution in [0.15, 0.2) is 24.4 Å². The number of aromatic hydroxyl groups is 1. The molecule has 0 radical (unpaired) electrons. The molecule has 2 aromatic heterocycles. The van der Waals surface area contributed by atoms with Gasteiger partial charge in [0, 0.05) is 19.6 Å². The molecule has 3 aliphatic rings. The molecule has 0 saturated carbocycles. The molecule has 0 spiro atoms. The Morgan fingerprint density at radius 3 is 2.91 bits per heavy atom. The minimum Gasteiger partial charge on any atom is -0.507 e. The van der Waals surface area contributed by atoms with Crippen molar-refractivity contribution in [3.8, 4) is 22.8 Å². The summed E-state index contributed by atoms with van der Waals surface area (Å²) in [7, 11) is 3.94. The van der Waals surface area contributed by atoms with E-state index in [1.54, 1.807) is 4.90 Å². The largest absolute Gasteiger partial charge is 0.507 e. The number of phenols is 1. The predicted molar refractivity (Wildman–Crippen MR) is 126 cm³/mol. The Balaban J connectivity index is 1.56. The number of hydrogen-bond acceptors (Lipinski definition) is 6. The molecule has 5 heterocycles. The molecule has 1 fully saturated rings. The number of aryl methyl sites for hydroxylation is 1. The zero-order valence-corrected chi connectivity index (χ0v) is 20.1. The van der Waals surface area contributed by atoms with Crippen molar-refractivity contribution >= 4 is 23.3 Å². The van der Waals surface area contributed by atoms with Crippen LogP contribution in [0.1, 0.15) is 21.6 Å². The van der Waals surface area contributed by atoms with E-state index in [0.29, 0.717) is 38.5 Å². The smallest absolute Gasteiger partial charge is 0.261 e. The summed E-state index contributed by atoms with van der Waals surface area (Å²) in [5.41, 5.74) is 2.40. The lowest BCUT2D eigenvalue weighted by Gasteiger charge is -2.34. The number of carbonyl (C=O) groups is 1. The number of nitrogens with zero attached hydrogens (tertiary/aromatic N) is 5. The summed E-state index contributed by atoms with van der Waals surface area (Å²) in [5, 5.41) is 13.8. The monoisotopic (exact) mass is 499 g/mol. The molecule has 1 saturated heterocycles. The number of halogens is 2. The molecule has 35 heavy (non-hydrogen) atoms. The highest BCUT2D eigenvalue weighted by Gasteiger charge is 2.40. The highest BCUT2D eigenvalue weighted by Crippen LogP contribution is 2.46. The first-order valence-electron chi connectivity index (χ1n) is 11.5. The lowest BCUT2D eigenvalue weighted by molar-refractivity contribution is -0.751. The van der Waals surface area contributed by atoms with Crippen molar-refractivity contribution in [2.75, 3.05) is 31.1 Å². The molecule has 3 aromatic rings. The summed E-state index contributed by atoms with van der Waals surface area (Å²) in [6.07, 6.45) is 2.04. The van der Waals surface area contributed by atoms with E-state index in [4.69, 9.17) is 21.3 Å². The van der Waals surface area contributed by atoms with E-state index in [9.17, 15) is 14.3 Å². The van der Waals surface area contributed by atoms with E-state index in [1.807, 2.05) is 34.6 Å². The van der Waals surface area contributed by atoms with Gasteiger partial charge in [0.15, 0.2) is 12.8 Å². The third kappa shape index (κ3) is 3.35. The molecule has 11 heteroatoms. The van der Waals surface area contributed by atoms with Crippen LogP contribution in [0.3, 0.4) is 0 Å². The average Bonchev–Trinajstić information content (AvgIpc) is 3.31. The number of amides is 1. The molecule has 9 nitrogen and oxygen atoms in total. The fraction of sp³-hybridized carbons (Fsp3) is 0.375. The van der Waals surface area contributed by atoms with Gasteiger partial charge >= 0.3 is 0 Å². The van der Waals surface area contributed by atoms with E-state index in [2.05, 4.69) is 5.32 Å². The Morgan fingerprint density at radius 2 is 2.14 bits per heavy atom. The highest BCUT2D eigenvalue weighted by molar-refractivity contribution is 6.35. The van der Waals surface area contributed by atoms with Crippen LogP contribution in [-0.2, 0) is 27.2 Å². The molecule has 182 valence electrons. The number of aromatic nitrogens is 3. The van der Waals surface area contributed by atoms with E-state index < -0.39 is 5.82 Å². The molecule has 1 amide bonds. The first-order valence-corrected chi connectivity index (χ1v) is 11.9. The van der Waals surface area contributed by atoms with Crippen molar-refractivity contribution < 1.29 is 23.7 Å². The molecule has 6 rings (SSSR count). The summed E-state index contributed by atoms with van der Waals surface area (Å²) in [5.74, 6) is -0.619. The van der Waals surface area contributed by atoms with Gasteiger partial charge in [-0.05, 0) is 12.1 Å². The van der Waals surface area contributed by atoms with Crippen molar-refractivity contribution in [1.82, 2.24) is 19.9 Å². The number of carbonyl (C=O) groups excluding carboxylic acids is 1. The standard InChI is InChI=1S/C24H24ClFN6O3/c1-29-9-13-10-31(11-16(13)30(29)2)23-19-22(35-12-14-8-27-6-7-32(14)24(19)34)20(25)21(28-23)18-15(26)4-3-5-17(18)33/h3-5,9,14,27H,6-8,10-12H2,1-2H3/p+1. The van der Waals surface area contributed by atoms with Gasteiger partial charge in [-0.3, -0.25) is 4.79 Å². The van der Waals surface area contributed by atoms with E-state index in [0.717, 1.165) is 11.3 Å². The predicted octanol–water partition coefficient (Wildman–Crippen LogP) is 1.74. The first-order chi connectivity index (χ1) is 16.8. The molecule has 1 atom stereocenters. The quantitative estimate of drug-likeness (QED) is 0.522. The number of phenolic OH excluding ortho intramolecular Hbond substituents is 1. The number of piperazine rings is 1. The molecular weight excluding hydrogens is 475 g/mol. The second kappa shape index (κ2) is 8.10. The third-order valence-corrected chi connectivity index (χ3v) is 7.48. The van der Waals surface area contributed by atoms with Crippen LogP contribution in [0, 0.1) is 5.82 Å². The fourth-order valence-electron chi connectivity index (χ4n) is 5.21. The number of pyridine rings is 1. The van der Waals surface area contributed by atoms with Crippen LogP contribution in [-0.4, -0.2) is 57.9 Å². The molecule has 0 bridgehead atoms. The Kier molecular flexibility index (Phi) is 5.12. The van der Waals surface area contributed by atoms with Crippen LogP contribution >= 0.6 is 11.6 Å². The van der Waals surface area contributed by atoms with Gasteiger partial charge in [0.1, 0.15) is 46.0 Å². The lowest BCUT2D eigenvalue weighted by atomic mass is 10.1. The van der Waals surface area contributed by atoms with E-state index in [-0.39, 0.29) is 51.9 Å². The lowest BCUT2D eigenvalue weighted by Crippen LogP contribution is -2.55. The summed E-state index contributed by atoms with van der Waals surface area (Å²) in [4.78, 5) is 22.4. The molecule has 0 aliphatic carbocycles. The second-order valence-electron chi connectivity index (χ2n) is 9.16. The Morgan fingerprint density at radius 1 is 1.31 bits per heavy atom. The Labute approximate surface area is 206 Å². The van der Waals surface area contributed by atoms with Gasteiger partial charge < -0.3 is 25.0 Å². The Bertz CT molecular complexity index is 1360. The number of nitrogens with one attached hydrogen (secondary N) is 1. The molecule has 3 aliphatic heterocycles. The fourth-order valence-corrected chi connectivity index (χ4v) is 5.50. The SMILES string of the molecule is Cn1c2c(c[n+]1C)CN(c1nc(-c3c(O)cccc3F)c(Cl)c3c1C(=O)N1CCNCC1CO3)C2. The van der Waals surface area contributed by atoms with Crippen molar-refractivity contribution in [3.63, 3.8) is 0 Å². The minimum atomic E-state index is -0.663. The highest BCUT2D eigenvalue weighted by atomic mass is 35.5. The number of rotatable bonds is 2. The second-order valence-corrected chi connectivity index (χ2v) is 9.54. The van der Waals surface area contributed by atoms with Crippen LogP contribution in [0.4, 0.5) is 10.2 Å². The molecule has 1 aromatic carbocycles. The van der Waals surface area contributed by atoms with Crippen LogP contribution in [0.5, 0.6) is 11.5 Å². The van der Waals surface area contributed by atoms with Gasteiger partial charge in [-0.2, -0.15) is 4.68 Å². The molecule has 2 N–H and O–H groups in total. The summed E-state index contributed by atoms with van der Waals surface area (Å²) >= 11 is 6.76. The van der Waals surface area contributed by atoms with Gasteiger partial charge in [-0.1, -0.05) is 17.7 Å². The average molecular weight is 500 g/mol. The number of benzene rings is 1. The maximum absolute atomic E-state index is 14.9. The van der Waals surface area contributed by atoms with Crippen molar-refractivity contribution in [1.29, 1.82) is 0 Å². The van der Waals surface area contributed by atoms with Gasteiger partial charge in [0.25, 0.3) is 5.91 Å². The summed E-state index contributed by atoms with van der Waals surface area (Å²) in [6.45, 7) is 3.09. The van der Waals surface area contributed by atoms with E-state index in [1.165, 1.54) is 18.2 Å². The maximum Gasteiger partial charge on any atom is 0.261 e. The number of fused-ring (bicyclic) bond motifs is 3. The zero-order chi connectivity index (χ0) is 24.4. The Hall–Kier alpha value is -3.37. The molecular formula is C24H25ClFN6O3+. The van der Waals surface area contributed by atoms with Gasteiger partial charge in [-0.25, -0.2) is 9.37 Å². The summed E-state index contributed by atoms with van der Waals surface area (Å²) in [6, 6.07) is 3.87. The van der Waals surface area contributed by atoms with E-state index >= 15 is 0 Å². The third-order valence-electron chi connectivity index (χ3n) is 7.13. The van der Waals surface area contributed by atoms with Gasteiger partial charge in [0.05, 0.1) is 37.3 Å². The van der Waals surface area contributed by atoms with Crippen LogP contribution in [0.2, 0.25) is 5.02 Å². The topological polar surface area (TPSA) is 86.7 Å². The van der Waals surface area contributed by atoms with Crippen LogP contribution < -0.4 is 19.6 Å². The first kappa shape index (κ1) is 22.1. The van der Waals surface area contributed by atoms with Gasteiger partial charge in [-0.15, -0.1) is 4.68 Å². The molecule has 1 unspecified atom stereocenters. The number of anilines is 1. The number of hydrogen-bond donors (Lipinski definition) is 2.